The number of hydrogen-bond acceptors (Lipinski definition) is 3. The Morgan fingerprint density at radius 2 is 2.21 bits per heavy atom. The van der Waals surface area contributed by atoms with Gasteiger partial charge in [-0.3, -0.25) is 4.79 Å². The molecule has 2 N–H and O–H groups in total. The third kappa shape index (κ3) is 3.70. The Balaban J connectivity index is 1.95. The summed E-state index contributed by atoms with van der Waals surface area (Å²) in [6, 6.07) is 4.28. The molecule has 1 saturated carbocycles. The molecule has 0 aliphatic heterocycles. The summed E-state index contributed by atoms with van der Waals surface area (Å²) in [7, 11) is 0. The number of carbonyl (C=O) groups excluding carboxylic acids is 1. The number of likely N-dealkylation sites (N-methyl/N-ethyl adjacent to an activating group) is 1. The van der Waals surface area contributed by atoms with Crippen LogP contribution in [-0.2, 0) is 4.79 Å². The number of furan rings is 1. The highest BCUT2D eigenvalue weighted by atomic mass is 16.3. The van der Waals surface area contributed by atoms with E-state index in [2.05, 4.69) is 0 Å². The summed E-state index contributed by atoms with van der Waals surface area (Å²) in [4.78, 5) is 14.2. The second kappa shape index (κ2) is 6.57. The van der Waals surface area contributed by atoms with E-state index in [1.165, 1.54) is 0 Å². The van der Waals surface area contributed by atoms with Crippen LogP contribution in [0.3, 0.4) is 0 Å². The average molecular weight is 262 g/mol. The van der Waals surface area contributed by atoms with Crippen molar-refractivity contribution in [1.29, 1.82) is 0 Å². The fourth-order valence-electron chi connectivity index (χ4n) is 2.64. The molecule has 19 heavy (non-hydrogen) atoms. The third-order valence-corrected chi connectivity index (χ3v) is 3.74. The Kier molecular flexibility index (Phi) is 4.80. The molecule has 1 amide bonds. The zero-order chi connectivity index (χ0) is 13.7. The normalized spacial score (nSPS) is 23.7. The van der Waals surface area contributed by atoms with Crippen molar-refractivity contribution in [2.45, 2.75) is 44.7 Å². The molecule has 0 aromatic carbocycles. The lowest BCUT2D eigenvalue weighted by Gasteiger charge is -2.34. The van der Waals surface area contributed by atoms with Crippen LogP contribution in [0.15, 0.2) is 28.9 Å². The highest BCUT2D eigenvalue weighted by Crippen LogP contribution is 2.22. The van der Waals surface area contributed by atoms with Crippen LogP contribution in [0.1, 0.15) is 38.4 Å². The number of rotatable bonds is 4. The zero-order valence-corrected chi connectivity index (χ0v) is 11.4. The number of hydrogen-bond donors (Lipinski definition) is 1. The lowest BCUT2D eigenvalue weighted by molar-refractivity contribution is -0.128. The van der Waals surface area contributed by atoms with Crippen molar-refractivity contribution in [3.05, 3.63) is 30.2 Å². The van der Waals surface area contributed by atoms with Gasteiger partial charge in [0.15, 0.2) is 0 Å². The Hall–Kier alpha value is -1.55. The molecule has 1 aliphatic rings. The summed E-state index contributed by atoms with van der Waals surface area (Å²) in [6.07, 6.45) is 8.96. The molecule has 0 unspecified atom stereocenters. The molecule has 1 aromatic heterocycles. The van der Waals surface area contributed by atoms with Gasteiger partial charge in [0.05, 0.1) is 6.26 Å². The Labute approximate surface area is 114 Å². The van der Waals surface area contributed by atoms with Gasteiger partial charge in [0.25, 0.3) is 0 Å². The van der Waals surface area contributed by atoms with Crippen LogP contribution in [0.25, 0.3) is 6.08 Å². The SMILES string of the molecule is CCN(C(=O)C=Cc1ccco1)C1CCC(N)CC1. The minimum atomic E-state index is 0.0550. The highest BCUT2D eigenvalue weighted by molar-refractivity contribution is 5.91. The minimum Gasteiger partial charge on any atom is -0.465 e. The maximum atomic E-state index is 12.2. The van der Waals surface area contributed by atoms with E-state index in [4.69, 9.17) is 10.2 Å². The molecule has 0 spiro atoms. The second-order valence-corrected chi connectivity index (χ2v) is 5.04. The molecule has 1 heterocycles. The monoisotopic (exact) mass is 262 g/mol. The Bertz CT molecular complexity index is 417. The third-order valence-electron chi connectivity index (χ3n) is 3.74. The van der Waals surface area contributed by atoms with Gasteiger partial charge in [0, 0.05) is 24.7 Å². The molecule has 4 heteroatoms. The van der Waals surface area contributed by atoms with E-state index in [1.54, 1.807) is 18.4 Å². The van der Waals surface area contributed by atoms with E-state index in [9.17, 15) is 4.79 Å². The van der Waals surface area contributed by atoms with Crippen molar-refractivity contribution in [3.63, 3.8) is 0 Å². The number of nitrogens with zero attached hydrogens (tertiary/aromatic N) is 1. The summed E-state index contributed by atoms with van der Waals surface area (Å²) in [5.41, 5.74) is 5.91. The molecule has 2 rings (SSSR count). The molecule has 1 fully saturated rings. The van der Waals surface area contributed by atoms with Crippen molar-refractivity contribution < 1.29 is 9.21 Å². The molecule has 4 nitrogen and oxygen atoms in total. The predicted molar refractivity (Wildman–Crippen MR) is 75.4 cm³/mol. The molecule has 0 saturated heterocycles. The standard InChI is InChI=1S/C15H22N2O2/c1-2-17(13-7-5-12(16)6-8-13)15(18)10-9-14-4-3-11-19-14/h3-4,9-13H,2,5-8,16H2,1H3. The average Bonchev–Trinajstić information content (AvgIpc) is 2.92. The highest BCUT2D eigenvalue weighted by Gasteiger charge is 2.25. The molecule has 1 aromatic rings. The van der Waals surface area contributed by atoms with Gasteiger partial charge in [-0.25, -0.2) is 0 Å². The van der Waals surface area contributed by atoms with Gasteiger partial charge in [-0.15, -0.1) is 0 Å². The molecule has 1 aliphatic carbocycles. The zero-order valence-electron chi connectivity index (χ0n) is 11.4. The van der Waals surface area contributed by atoms with Gasteiger partial charge in [-0.05, 0) is 50.8 Å². The second-order valence-electron chi connectivity index (χ2n) is 5.04. The van der Waals surface area contributed by atoms with E-state index in [0.29, 0.717) is 17.8 Å². The molecule has 104 valence electrons. The maximum Gasteiger partial charge on any atom is 0.246 e. The molecule has 0 atom stereocenters. The van der Waals surface area contributed by atoms with Crippen molar-refractivity contribution in [3.8, 4) is 0 Å². The summed E-state index contributed by atoms with van der Waals surface area (Å²) in [6.45, 7) is 2.76. The smallest absolute Gasteiger partial charge is 0.246 e. The first-order valence-electron chi connectivity index (χ1n) is 6.98. The first-order valence-corrected chi connectivity index (χ1v) is 6.98. The van der Waals surface area contributed by atoms with Crippen LogP contribution < -0.4 is 5.73 Å². The van der Waals surface area contributed by atoms with Crippen LogP contribution >= 0.6 is 0 Å². The van der Waals surface area contributed by atoms with Crippen molar-refractivity contribution in [2.75, 3.05) is 6.54 Å². The van der Waals surface area contributed by atoms with Gasteiger partial charge in [0.1, 0.15) is 5.76 Å². The summed E-state index contributed by atoms with van der Waals surface area (Å²) < 4.78 is 5.18. The van der Waals surface area contributed by atoms with Crippen LogP contribution in [0.4, 0.5) is 0 Å². The van der Waals surface area contributed by atoms with E-state index in [1.807, 2.05) is 24.0 Å². The number of carbonyl (C=O) groups is 1. The fourth-order valence-corrected chi connectivity index (χ4v) is 2.64. The van der Waals surface area contributed by atoms with Crippen molar-refractivity contribution in [2.24, 2.45) is 5.73 Å². The van der Waals surface area contributed by atoms with Gasteiger partial charge in [-0.2, -0.15) is 0 Å². The molecule has 0 radical (unpaired) electrons. The maximum absolute atomic E-state index is 12.2. The summed E-state index contributed by atoms with van der Waals surface area (Å²) >= 11 is 0. The summed E-state index contributed by atoms with van der Waals surface area (Å²) in [5, 5.41) is 0. The number of nitrogens with two attached hydrogens (primary N) is 1. The quantitative estimate of drug-likeness (QED) is 0.848. The van der Waals surface area contributed by atoms with E-state index in [-0.39, 0.29) is 5.91 Å². The lowest BCUT2D eigenvalue weighted by atomic mass is 9.90. The Morgan fingerprint density at radius 1 is 1.47 bits per heavy atom. The number of amides is 1. The van der Waals surface area contributed by atoms with Crippen LogP contribution in [0.5, 0.6) is 0 Å². The van der Waals surface area contributed by atoms with E-state index >= 15 is 0 Å². The lowest BCUT2D eigenvalue weighted by Crippen LogP contribution is -2.43. The van der Waals surface area contributed by atoms with Gasteiger partial charge in [0.2, 0.25) is 5.91 Å². The molecule has 0 bridgehead atoms. The first-order chi connectivity index (χ1) is 9.20. The van der Waals surface area contributed by atoms with Crippen molar-refractivity contribution in [1.82, 2.24) is 4.90 Å². The van der Waals surface area contributed by atoms with Crippen molar-refractivity contribution >= 4 is 12.0 Å². The van der Waals surface area contributed by atoms with E-state index in [0.717, 1.165) is 32.2 Å². The molecular weight excluding hydrogens is 240 g/mol. The molecular formula is C15H22N2O2. The van der Waals surface area contributed by atoms with Gasteiger partial charge in [-0.1, -0.05) is 0 Å². The Morgan fingerprint density at radius 3 is 2.79 bits per heavy atom. The minimum absolute atomic E-state index is 0.0550. The van der Waals surface area contributed by atoms with E-state index < -0.39 is 0 Å². The van der Waals surface area contributed by atoms with Crippen LogP contribution in [0.2, 0.25) is 0 Å². The topological polar surface area (TPSA) is 59.5 Å². The fraction of sp³-hybridized carbons (Fsp3) is 0.533. The summed E-state index contributed by atoms with van der Waals surface area (Å²) in [5.74, 6) is 0.759. The van der Waals surface area contributed by atoms with Gasteiger partial charge >= 0.3 is 0 Å². The van der Waals surface area contributed by atoms with Gasteiger partial charge < -0.3 is 15.1 Å². The van der Waals surface area contributed by atoms with Crippen LogP contribution in [-0.4, -0.2) is 29.4 Å². The largest absolute Gasteiger partial charge is 0.465 e. The van der Waals surface area contributed by atoms with Crippen LogP contribution in [0, 0.1) is 0 Å². The predicted octanol–water partition coefficient (Wildman–Crippen LogP) is 2.41. The first kappa shape index (κ1) is 13.9.